The average Bonchev–Trinajstić information content (AvgIpc) is 2.86. The third-order valence-electron chi connectivity index (χ3n) is 3.44. The van der Waals surface area contributed by atoms with Crippen LogP contribution in [0.2, 0.25) is 0 Å². The van der Waals surface area contributed by atoms with Crippen LogP contribution in [0.3, 0.4) is 0 Å². The SMILES string of the molecule is COCCN1CN(C(=O)NC(C)c2cncc(F)c2)CC1=O. The van der Waals surface area contributed by atoms with Crippen molar-refractivity contribution in [2.45, 2.75) is 13.0 Å². The fourth-order valence-electron chi connectivity index (χ4n) is 2.16. The van der Waals surface area contributed by atoms with Crippen molar-refractivity contribution in [3.8, 4) is 0 Å². The van der Waals surface area contributed by atoms with Crippen molar-refractivity contribution in [1.82, 2.24) is 20.1 Å². The third kappa shape index (κ3) is 3.91. The van der Waals surface area contributed by atoms with E-state index in [9.17, 15) is 14.0 Å². The Kier molecular flexibility index (Phi) is 5.26. The quantitative estimate of drug-likeness (QED) is 0.870. The summed E-state index contributed by atoms with van der Waals surface area (Å²) in [5.74, 6) is -0.576. The summed E-state index contributed by atoms with van der Waals surface area (Å²) < 4.78 is 18.1. The molecule has 1 fully saturated rings. The number of hydrogen-bond donors (Lipinski definition) is 1. The van der Waals surface area contributed by atoms with E-state index in [0.29, 0.717) is 18.7 Å². The second-order valence-corrected chi connectivity index (χ2v) is 5.10. The Morgan fingerprint density at radius 3 is 3.00 bits per heavy atom. The molecule has 8 heteroatoms. The number of aromatic nitrogens is 1. The summed E-state index contributed by atoms with van der Waals surface area (Å²) in [6.45, 7) is 2.86. The minimum atomic E-state index is -0.458. The standard InChI is InChI=1S/C14H19FN4O3/c1-10(11-5-12(15)7-16-6-11)17-14(21)19-8-13(20)18(9-19)3-4-22-2/h5-7,10H,3-4,8-9H2,1-2H3,(H,17,21). The molecule has 1 aromatic heterocycles. The van der Waals surface area contributed by atoms with E-state index in [1.54, 1.807) is 18.9 Å². The highest BCUT2D eigenvalue weighted by Gasteiger charge is 2.30. The summed E-state index contributed by atoms with van der Waals surface area (Å²) in [7, 11) is 1.56. The number of pyridine rings is 1. The highest BCUT2D eigenvalue weighted by molar-refractivity contribution is 5.87. The molecule has 1 saturated heterocycles. The van der Waals surface area contributed by atoms with Gasteiger partial charge in [-0.25, -0.2) is 9.18 Å². The maximum atomic E-state index is 13.1. The first-order valence-electron chi connectivity index (χ1n) is 6.94. The molecule has 0 bridgehead atoms. The molecule has 22 heavy (non-hydrogen) atoms. The molecule has 2 rings (SSSR count). The number of nitrogens with one attached hydrogen (secondary N) is 1. The smallest absolute Gasteiger partial charge is 0.319 e. The van der Waals surface area contributed by atoms with Gasteiger partial charge in [0.15, 0.2) is 0 Å². The van der Waals surface area contributed by atoms with Gasteiger partial charge in [0.1, 0.15) is 12.4 Å². The number of amides is 3. The molecule has 0 aromatic carbocycles. The predicted octanol–water partition coefficient (Wildman–Crippen LogP) is 0.739. The molecule has 1 N–H and O–H groups in total. The van der Waals surface area contributed by atoms with Crippen molar-refractivity contribution in [3.63, 3.8) is 0 Å². The van der Waals surface area contributed by atoms with E-state index in [1.807, 2.05) is 0 Å². The van der Waals surface area contributed by atoms with Crippen LogP contribution in [0.25, 0.3) is 0 Å². The van der Waals surface area contributed by atoms with Crippen LogP contribution in [0.1, 0.15) is 18.5 Å². The third-order valence-corrected chi connectivity index (χ3v) is 3.44. The van der Waals surface area contributed by atoms with Crippen molar-refractivity contribution < 1.29 is 18.7 Å². The largest absolute Gasteiger partial charge is 0.383 e. The van der Waals surface area contributed by atoms with E-state index in [-0.39, 0.29) is 25.2 Å². The number of halogens is 1. The summed E-state index contributed by atoms with van der Waals surface area (Å²) in [5, 5.41) is 2.73. The van der Waals surface area contributed by atoms with E-state index in [1.165, 1.54) is 17.2 Å². The Hall–Kier alpha value is -2.22. The van der Waals surface area contributed by atoms with Gasteiger partial charge in [-0.15, -0.1) is 0 Å². The number of ether oxygens (including phenoxy) is 1. The number of rotatable bonds is 5. The molecule has 2 heterocycles. The monoisotopic (exact) mass is 310 g/mol. The topological polar surface area (TPSA) is 74.8 Å². The molecule has 0 aliphatic carbocycles. The number of carbonyl (C=O) groups excluding carboxylic acids is 2. The lowest BCUT2D eigenvalue weighted by Crippen LogP contribution is -2.40. The minimum Gasteiger partial charge on any atom is -0.383 e. The van der Waals surface area contributed by atoms with Crippen molar-refractivity contribution >= 4 is 11.9 Å². The molecular formula is C14H19FN4O3. The van der Waals surface area contributed by atoms with Gasteiger partial charge in [0.2, 0.25) is 5.91 Å². The lowest BCUT2D eigenvalue weighted by atomic mass is 10.1. The van der Waals surface area contributed by atoms with Crippen LogP contribution in [0, 0.1) is 5.82 Å². The molecule has 3 amide bonds. The predicted molar refractivity (Wildman–Crippen MR) is 76.3 cm³/mol. The summed E-state index contributed by atoms with van der Waals surface area (Å²) in [5.41, 5.74) is 0.565. The maximum Gasteiger partial charge on any atom is 0.319 e. The Balaban J connectivity index is 1.91. The van der Waals surface area contributed by atoms with Crippen LogP contribution in [-0.2, 0) is 9.53 Å². The molecule has 1 aliphatic heterocycles. The van der Waals surface area contributed by atoms with E-state index in [2.05, 4.69) is 10.3 Å². The van der Waals surface area contributed by atoms with Gasteiger partial charge in [0, 0.05) is 19.9 Å². The summed E-state index contributed by atoms with van der Waals surface area (Å²) in [6, 6.07) is 0.543. The van der Waals surface area contributed by atoms with Crippen molar-refractivity contribution in [2.24, 2.45) is 0 Å². The van der Waals surface area contributed by atoms with Gasteiger partial charge in [0.05, 0.1) is 25.5 Å². The first-order valence-corrected chi connectivity index (χ1v) is 6.94. The molecular weight excluding hydrogens is 291 g/mol. The molecule has 1 aliphatic rings. The molecule has 120 valence electrons. The second kappa shape index (κ2) is 7.17. The zero-order valence-electron chi connectivity index (χ0n) is 12.6. The van der Waals surface area contributed by atoms with Gasteiger partial charge in [0.25, 0.3) is 0 Å². The van der Waals surface area contributed by atoms with Crippen LogP contribution in [0.5, 0.6) is 0 Å². The van der Waals surface area contributed by atoms with Crippen LogP contribution in [0.15, 0.2) is 18.5 Å². The van der Waals surface area contributed by atoms with Crippen molar-refractivity contribution in [2.75, 3.05) is 33.5 Å². The van der Waals surface area contributed by atoms with Gasteiger partial charge in [-0.1, -0.05) is 0 Å². The minimum absolute atomic E-state index is 0.0314. The maximum absolute atomic E-state index is 13.1. The molecule has 1 unspecified atom stereocenters. The highest BCUT2D eigenvalue weighted by Crippen LogP contribution is 2.14. The number of hydrogen-bond acceptors (Lipinski definition) is 4. The lowest BCUT2D eigenvalue weighted by molar-refractivity contribution is -0.127. The number of carbonyl (C=O) groups is 2. The van der Waals surface area contributed by atoms with Gasteiger partial charge in [-0.3, -0.25) is 14.7 Å². The summed E-state index contributed by atoms with van der Waals surface area (Å²) >= 11 is 0. The Morgan fingerprint density at radius 2 is 2.32 bits per heavy atom. The van der Waals surface area contributed by atoms with Crippen LogP contribution < -0.4 is 5.32 Å². The van der Waals surface area contributed by atoms with Crippen molar-refractivity contribution in [3.05, 3.63) is 29.8 Å². The summed E-state index contributed by atoms with van der Waals surface area (Å²) in [6.07, 6.45) is 2.60. The number of methoxy groups -OCH3 is 1. The van der Waals surface area contributed by atoms with Crippen LogP contribution in [0.4, 0.5) is 9.18 Å². The van der Waals surface area contributed by atoms with E-state index < -0.39 is 11.9 Å². The van der Waals surface area contributed by atoms with Crippen LogP contribution in [-0.4, -0.2) is 60.2 Å². The highest BCUT2D eigenvalue weighted by atomic mass is 19.1. The Bertz CT molecular complexity index is 555. The Morgan fingerprint density at radius 1 is 1.55 bits per heavy atom. The fraction of sp³-hybridized carbons (Fsp3) is 0.500. The first-order chi connectivity index (χ1) is 10.5. The zero-order chi connectivity index (χ0) is 16.1. The van der Waals surface area contributed by atoms with E-state index in [4.69, 9.17) is 4.74 Å². The second-order valence-electron chi connectivity index (χ2n) is 5.10. The fourth-order valence-corrected chi connectivity index (χ4v) is 2.16. The molecule has 1 atom stereocenters. The van der Waals surface area contributed by atoms with Crippen LogP contribution >= 0.6 is 0 Å². The Labute approximate surface area is 128 Å². The van der Waals surface area contributed by atoms with Gasteiger partial charge >= 0.3 is 6.03 Å². The van der Waals surface area contributed by atoms with E-state index >= 15 is 0 Å². The number of urea groups is 1. The lowest BCUT2D eigenvalue weighted by Gasteiger charge is -2.21. The molecule has 0 spiro atoms. The molecule has 7 nitrogen and oxygen atoms in total. The van der Waals surface area contributed by atoms with Crippen molar-refractivity contribution in [1.29, 1.82) is 0 Å². The summed E-state index contributed by atoms with van der Waals surface area (Å²) in [4.78, 5) is 30.7. The van der Waals surface area contributed by atoms with Gasteiger partial charge in [-0.05, 0) is 18.6 Å². The molecule has 1 aromatic rings. The number of nitrogens with zero attached hydrogens (tertiary/aromatic N) is 3. The molecule has 0 saturated carbocycles. The average molecular weight is 310 g/mol. The molecule has 0 radical (unpaired) electrons. The van der Waals surface area contributed by atoms with Gasteiger partial charge in [-0.2, -0.15) is 0 Å². The normalized spacial score (nSPS) is 16.0. The van der Waals surface area contributed by atoms with Gasteiger partial charge < -0.3 is 15.0 Å². The first kappa shape index (κ1) is 16.2. The van der Waals surface area contributed by atoms with E-state index in [0.717, 1.165) is 6.20 Å². The zero-order valence-corrected chi connectivity index (χ0v) is 12.6.